The second-order valence-corrected chi connectivity index (χ2v) is 5.81. The molecule has 1 aliphatic heterocycles. The molecule has 1 aromatic carbocycles. The van der Waals surface area contributed by atoms with Gasteiger partial charge in [-0.1, -0.05) is 30.3 Å². The van der Waals surface area contributed by atoms with Crippen molar-refractivity contribution < 1.29 is 9.53 Å². The van der Waals surface area contributed by atoms with Gasteiger partial charge in [-0.2, -0.15) is 0 Å². The quantitative estimate of drug-likeness (QED) is 0.784. The number of aromatic nitrogens is 4. The highest BCUT2D eigenvalue weighted by Gasteiger charge is 2.24. The van der Waals surface area contributed by atoms with Crippen LogP contribution in [0.2, 0.25) is 0 Å². The number of benzene rings is 1. The first-order valence-corrected chi connectivity index (χ1v) is 8.16. The fourth-order valence-corrected chi connectivity index (χ4v) is 2.90. The summed E-state index contributed by atoms with van der Waals surface area (Å²) < 4.78 is 5.39. The smallest absolute Gasteiger partial charge is 0.410 e. The van der Waals surface area contributed by atoms with E-state index in [0.717, 1.165) is 16.9 Å². The molecule has 1 fully saturated rings. The van der Waals surface area contributed by atoms with Crippen molar-refractivity contribution in [3.05, 3.63) is 48.5 Å². The Labute approximate surface area is 144 Å². The Morgan fingerprint density at radius 3 is 2.68 bits per heavy atom. The van der Waals surface area contributed by atoms with Crippen LogP contribution in [-0.4, -0.2) is 57.1 Å². The number of H-pyrrole nitrogens is 1. The zero-order valence-corrected chi connectivity index (χ0v) is 13.6. The number of hydrogen-bond donors (Lipinski definition) is 1. The monoisotopic (exact) mass is 338 g/mol. The Morgan fingerprint density at radius 2 is 1.88 bits per heavy atom. The van der Waals surface area contributed by atoms with Gasteiger partial charge >= 0.3 is 6.09 Å². The molecule has 0 aliphatic carbocycles. The number of anilines is 1. The molecule has 1 N–H and O–H groups in total. The number of nitrogens with zero attached hydrogens (tertiary/aromatic N) is 5. The first-order valence-electron chi connectivity index (χ1n) is 8.16. The molecule has 3 aromatic rings. The van der Waals surface area contributed by atoms with Crippen molar-refractivity contribution in [2.75, 3.05) is 31.1 Å². The first-order chi connectivity index (χ1) is 12.3. The summed E-state index contributed by atoms with van der Waals surface area (Å²) in [6, 6.07) is 9.68. The van der Waals surface area contributed by atoms with Crippen LogP contribution in [0.4, 0.5) is 10.6 Å². The Bertz CT molecular complexity index is 858. The number of hydrogen-bond acceptors (Lipinski definition) is 6. The maximum Gasteiger partial charge on any atom is 0.410 e. The molecule has 2 aromatic heterocycles. The predicted octanol–water partition coefficient (Wildman–Crippen LogP) is 1.81. The highest BCUT2D eigenvalue weighted by Crippen LogP contribution is 2.21. The third-order valence-corrected chi connectivity index (χ3v) is 4.25. The van der Waals surface area contributed by atoms with Crippen molar-refractivity contribution in [2.24, 2.45) is 0 Å². The molecule has 0 unspecified atom stereocenters. The van der Waals surface area contributed by atoms with Gasteiger partial charge < -0.3 is 19.5 Å². The molecule has 0 spiro atoms. The minimum Gasteiger partial charge on any atom is -0.445 e. The standard InChI is InChI=1S/C17H18N6O2/c24-17(25-10-13-4-2-1-3-5-13)23-8-6-22(7-9-23)16-14-15(19-11-18-14)20-12-21-16/h1-5,11-12H,6-10H2,(H,18,19,20,21). The van der Waals surface area contributed by atoms with E-state index in [0.29, 0.717) is 38.4 Å². The largest absolute Gasteiger partial charge is 0.445 e. The Balaban J connectivity index is 1.35. The van der Waals surface area contributed by atoms with Crippen molar-refractivity contribution >= 4 is 23.1 Å². The molecule has 1 amide bonds. The van der Waals surface area contributed by atoms with Crippen molar-refractivity contribution in [1.82, 2.24) is 24.8 Å². The van der Waals surface area contributed by atoms with Gasteiger partial charge in [0.2, 0.25) is 0 Å². The molecule has 1 saturated heterocycles. The van der Waals surface area contributed by atoms with E-state index in [1.165, 1.54) is 6.33 Å². The summed E-state index contributed by atoms with van der Waals surface area (Å²) in [7, 11) is 0. The summed E-state index contributed by atoms with van der Waals surface area (Å²) in [6.45, 7) is 2.85. The summed E-state index contributed by atoms with van der Waals surface area (Å²) in [5.41, 5.74) is 2.45. The normalized spacial score (nSPS) is 14.7. The van der Waals surface area contributed by atoms with Crippen LogP contribution in [0, 0.1) is 0 Å². The van der Waals surface area contributed by atoms with E-state index in [4.69, 9.17) is 4.74 Å². The minimum atomic E-state index is -0.280. The molecule has 3 heterocycles. The lowest BCUT2D eigenvalue weighted by molar-refractivity contribution is 0.0941. The summed E-state index contributed by atoms with van der Waals surface area (Å²) in [6.07, 6.45) is 2.84. The average Bonchev–Trinajstić information content (AvgIpc) is 3.16. The van der Waals surface area contributed by atoms with Gasteiger partial charge in [0, 0.05) is 26.2 Å². The summed E-state index contributed by atoms with van der Waals surface area (Å²) in [5, 5.41) is 0. The van der Waals surface area contributed by atoms with E-state index in [-0.39, 0.29) is 6.09 Å². The van der Waals surface area contributed by atoms with Gasteiger partial charge in [0.05, 0.1) is 6.33 Å². The minimum absolute atomic E-state index is 0.280. The van der Waals surface area contributed by atoms with Gasteiger partial charge in [-0.25, -0.2) is 19.7 Å². The highest BCUT2D eigenvalue weighted by molar-refractivity contribution is 5.82. The molecule has 8 nitrogen and oxygen atoms in total. The lowest BCUT2D eigenvalue weighted by Gasteiger charge is -2.34. The van der Waals surface area contributed by atoms with E-state index in [1.54, 1.807) is 11.2 Å². The van der Waals surface area contributed by atoms with E-state index >= 15 is 0 Å². The number of aromatic amines is 1. The van der Waals surface area contributed by atoms with E-state index in [9.17, 15) is 4.79 Å². The van der Waals surface area contributed by atoms with Crippen molar-refractivity contribution in [3.8, 4) is 0 Å². The number of ether oxygens (including phenoxy) is 1. The zero-order chi connectivity index (χ0) is 17.1. The Kier molecular flexibility index (Phi) is 4.16. The molecule has 25 heavy (non-hydrogen) atoms. The van der Waals surface area contributed by atoms with Crippen LogP contribution in [0.15, 0.2) is 43.0 Å². The van der Waals surface area contributed by atoms with E-state index in [1.807, 2.05) is 30.3 Å². The zero-order valence-electron chi connectivity index (χ0n) is 13.6. The van der Waals surface area contributed by atoms with Gasteiger partial charge in [0.25, 0.3) is 0 Å². The maximum absolute atomic E-state index is 12.2. The van der Waals surface area contributed by atoms with Crippen LogP contribution in [0.3, 0.4) is 0 Å². The Morgan fingerprint density at radius 1 is 1.08 bits per heavy atom. The molecular weight excluding hydrogens is 320 g/mol. The topological polar surface area (TPSA) is 87.2 Å². The van der Waals surface area contributed by atoms with Crippen LogP contribution in [0.5, 0.6) is 0 Å². The molecule has 0 bridgehead atoms. The van der Waals surface area contributed by atoms with Crippen molar-refractivity contribution in [2.45, 2.75) is 6.61 Å². The summed E-state index contributed by atoms with van der Waals surface area (Å²) >= 11 is 0. The van der Waals surface area contributed by atoms with E-state index in [2.05, 4.69) is 24.8 Å². The van der Waals surface area contributed by atoms with Gasteiger partial charge in [-0.05, 0) is 5.56 Å². The van der Waals surface area contributed by atoms with Gasteiger partial charge in [0.1, 0.15) is 18.5 Å². The molecular formula is C17H18N6O2. The fourth-order valence-electron chi connectivity index (χ4n) is 2.90. The molecule has 0 radical (unpaired) electrons. The second kappa shape index (κ2) is 6.76. The van der Waals surface area contributed by atoms with E-state index < -0.39 is 0 Å². The van der Waals surface area contributed by atoms with Crippen LogP contribution < -0.4 is 4.90 Å². The van der Waals surface area contributed by atoms with Gasteiger partial charge in [-0.15, -0.1) is 0 Å². The van der Waals surface area contributed by atoms with Crippen molar-refractivity contribution in [1.29, 1.82) is 0 Å². The highest BCUT2D eigenvalue weighted by atomic mass is 16.6. The molecule has 8 heteroatoms. The number of piperazine rings is 1. The Hall–Kier alpha value is -3.16. The number of amides is 1. The van der Waals surface area contributed by atoms with Crippen LogP contribution >= 0.6 is 0 Å². The molecule has 128 valence electrons. The number of carbonyl (C=O) groups excluding carboxylic acids is 1. The predicted molar refractivity (Wildman–Crippen MR) is 92.1 cm³/mol. The third kappa shape index (κ3) is 3.23. The number of fused-ring (bicyclic) bond motifs is 1. The first kappa shape index (κ1) is 15.4. The van der Waals surface area contributed by atoms with Crippen LogP contribution in [0.25, 0.3) is 11.2 Å². The van der Waals surface area contributed by atoms with Crippen LogP contribution in [0.1, 0.15) is 5.56 Å². The second-order valence-electron chi connectivity index (χ2n) is 5.81. The molecule has 0 atom stereocenters. The van der Waals surface area contributed by atoms with Gasteiger partial charge in [0.15, 0.2) is 11.5 Å². The van der Waals surface area contributed by atoms with Crippen LogP contribution in [-0.2, 0) is 11.3 Å². The number of imidazole rings is 1. The number of nitrogens with one attached hydrogen (secondary N) is 1. The average molecular weight is 338 g/mol. The molecule has 1 aliphatic rings. The molecule has 0 saturated carbocycles. The number of carbonyl (C=O) groups is 1. The van der Waals surface area contributed by atoms with Crippen molar-refractivity contribution in [3.63, 3.8) is 0 Å². The fraction of sp³-hybridized carbons (Fsp3) is 0.294. The SMILES string of the molecule is O=C(OCc1ccccc1)N1CCN(c2ncnc3nc[nH]c23)CC1. The lowest BCUT2D eigenvalue weighted by atomic mass is 10.2. The maximum atomic E-state index is 12.2. The number of rotatable bonds is 3. The summed E-state index contributed by atoms with van der Waals surface area (Å²) in [4.78, 5) is 31.8. The molecule has 4 rings (SSSR count). The van der Waals surface area contributed by atoms with Gasteiger partial charge in [-0.3, -0.25) is 0 Å². The summed E-state index contributed by atoms with van der Waals surface area (Å²) in [5.74, 6) is 0.819. The third-order valence-electron chi connectivity index (χ3n) is 4.25. The lowest BCUT2D eigenvalue weighted by Crippen LogP contribution is -2.49.